The zero-order valence-corrected chi connectivity index (χ0v) is 8.30. The van der Waals surface area contributed by atoms with E-state index in [4.69, 9.17) is 0 Å². The van der Waals surface area contributed by atoms with Crippen LogP contribution in [0.5, 0.6) is 0 Å². The fourth-order valence-electron chi connectivity index (χ4n) is 1.59. The van der Waals surface area contributed by atoms with E-state index in [1.165, 1.54) is 20.0 Å². The molecule has 13 heavy (non-hydrogen) atoms. The van der Waals surface area contributed by atoms with Crippen LogP contribution in [0.3, 0.4) is 0 Å². The first-order valence-electron chi connectivity index (χ1n) is 4.73. The molecular weight excluding hydrogens is 166 g/mol. The van der Waals surface area contributed by atoms with Gasteiger partial charge < -0.3 is 10.1 Å². The lowest BCUT2D eigenvalue weighted by Gasteiger charge is -2.23. The monoisotopic (exact) mass is 183 g/mol. The summed E-state index contributed by atoms with van der Waals surface area (Å²) in [4.78, 5) is 10.9. The molecule has 1 atom stereocenters. The smallest absolute Gasteiger partial charge is 0.330 e. The predicted molar refractivity (Wildman–Crippen MR) is 51.4 cm³/mol. The third-order valence-corrected chi connectivity index (χ3v) is 2.41. The van der Waals surface area contributed by atoms with Crippen LogP contribution < -0.4 is 5.32 Å². The van der Waals surface area contributed by atoms with Crippen LogP contribution in [0, 0.1) is 0 Å². The molecule has 0 radical (unpaired) electrons. The van der Waals surface area contributed by atoms with Gasteiger partial charge in [-0.25, -0.2) is 4.79 Å². The lowest BCUT2D eigenvalue weighted by atomic mass is 9.98. The van der Waals surface area contributed by atoms with Crippen molar-refractivity contribution >= 4 is 5.97 Å². The van der Waals surface area contributed by atoms with Crippen molar-refractivity contribution in [2.45, 2.75) is 32.2 Å². The average Bonchev–Trinajstić information content (AvgIpc) is 2.19. The summed E-state index contributed by atoms with van der Waals surface area (Å²) >= 11 is 0. The minimum Gasteiger partial charge on any atom is -0.466 e. The Balaban J connectivity index is 2.49. The molecule has 1 aliphatic rings. The molecule has 1 fully saturated rings. The lowest BCUT2D eigenvalue weighted by molar-refractivity contribution is -0.134. The van der Waals surface area contributed by atoms with Crippen LogP contribution in [0.2, 0.25) is 0 Å². The van der Waals surface area contributed by atoms with Gasteiger partial charge in [0.2, 0.25) is 0 Å². The summed E-state index contributed by atoms with van der Waals surface area (Å²) < 4.78 is 4.57. The maximum atomic E-state index is 10.9. The molecule has 1 rings (SSSR count). The van der Waals surface area contributed by atoms with E-state index in [1.54, 1.807) is 6.08 Å². The molecule has 1 heterocycles. The summed E-state index contributed by atoms with van der Waals surface area (Å²) in [5.74, 6) is -0.259. The zero-order valence-electron chi connectivity index (χ0n) is 8.30. The molecule has 1 saturated heterocycles. The molecule has 74 valence electrons. The van der Waals surface area contributed by atoms with E-state index in [1.807, 2.05) is 6.92 Å². The molecule has 0 aromatic rings. The molecule has 0 amide bonds. The van der Waals surface area contributed by atoms with Crippen LogP contribution in [-0.4, -0.2) is 25.7 Å². The van der Waals surface area contributed by atoms with E-state index in [-0.39, 0.29) is 5.97 Å². The third-order valence-electron chi connectivity index (χ3n) is 2.41. The number of hydrogen-bond donors (Lipinski definition) is 1. The Morgan fingerprint density at radius 2 is 2.31 bits per heavy atom. The number of methoxy groups -OCH3 is 1. The van der Waals surface area contributed by atoms with Crippen molar-refractivity contribution in [3.05, 3.63) is 11.6 Å². The van der Waals surface area contributed by atoms with E-state index in [0.717, 1.165) is 18.5 Å². The Labute approximate surface area is 79.2 Å². The standard InChI is InChI=1S/C10H17NO2/c1-8(7-10(12)13-2)9-5-3-4-6-11-9/h7,9,11H,3-6H2,1-2H3/b8-7-. The van der Waals surface area contributed by atoms with Gasteiger partial charge in [-0.15, -0.1) is 0 Å². The van der Waals surface area contributed by atoms with Crippen molar-refractivity contribution in [3.63, 3.8) is 0 Å². The van der Waals surface area contributed by atoms with Gasteiger partial charge >= 0.3 is 5.97 Å². The van der Waals surface area contributed by atoms with E-state index in [0.29, 0.717) is 6.04 Å². The maximum absolute atomic E-state index is 10.9. The second kappa shape index (κ2) is 5.02. The van der Waals surface area contributed by atoms with E-state index in [2.05, 4.69) is 10.1 Å². The molecule has 1 unspecified atom stereocenters. The summed E-state index contributed by atoms with van der Waals surface area (Å²) in [7, 11) is 1.40. The van der Waals surface area contributed by atoms with Crippen LogP contribution in [0.25, 0.3) is 0 Å². The van der Waals surface area contributed by atoms with Crippen LogP contribution in [0.15, 0.2) is 11.6 Å². The Kier molecular flexibility index (Phi) is 3.96. The highest BCUT2D eigenvalue weighted by molar-refractivity contribution is 5.82. The number of rotatable bonds is 2. The van der Waals surface area contributed by atoms with E-state index >= 15 is 0 Å². The van der Waals surface area contributed by atoms with Crippen LogP contribution in [0.1, 0.15) is 26.2 Å². The quantitative estimate of drug-likeness (QED) is 0.517. The first kappa shape index (κ1) is 10.3. The van der Waals surface area contributed by atoms with Gasteiger partial charge in [-0.2, -0.15) is 0 Å². The normalized spacial score (nSPS) is 24.2. The van der Waals surface area contributed by atoms with Gasteiger partial charge in [0.1, 0.15) is 0 Å². The highest BCUT2D eigenvalue weighted by Crippen LogP contribution is 2.14. The highest BCUT2D eigenvalue weighted by atomic mass is 16.5. The van der Waals surface area contributed by atoms with Gasteiger partial charge in [0, 0.05) is 12.1 Å². The van der Waals surface area contributed by atoms with Crippen molar-refractivity contribution in [1.82, 2.24) is 5.32 Å². The molecule has 0 bridgehead atoms. The van der Waals surface area contributed by atoms with Crippen LogP contribution >= 0.6 is 0 Å². The lowest BCUT2D eigenvalue weighted by Crippen LogP contribution is -2.35. The van der Waals surface area contributed by atoms with Crippen molar-refractivity contribution in [3.8, 4) is 0 Å². The largest absolute Gasteiger partial charge is 0.466 e. The van der Waals surface area contributed by atoms with Gasteiger partial charge in [0.15, 0.2) is 0 Å². The summed E-state index contributed by atoms with van der Waals surface area (Å²) in [5, 5.41) is 3.37. The fourth-order valence-corrected chi connectivity index (χ4v) is 1.59. The number of nitrogens with one attached hydrogen (secondary N) is 1. The van der Waals surface area contributed by atoms with Crippen molar-refractivity contribution in [1.29, 1.82) is 0 Å². The Morgan fingerprint density at radius 3 is 2.85 bits per heavy atom. The molecular formula is C10H17NO2. The first-order valence-corrected chi connectivity index (χ1v) is 4.73. The molecule has 1 aliphatic heterocycles. The van der Waals surface area contributed by atoms with Crippen molar-refractivity contribution < 1.29 is 9.53 Å². The molecule has 0 spiro atoms. The highest BCUT2D eigenvalue weighted by Gasteiger charge is 2.14. The van der Waals surface area contributed by atoms with Gasteiger partial charge in [0.05, 0.1) is 7.11 Å². The van der Waals surface area contributed by atoms with Gasteiger partial charge in [-0.1, -0.05) is 6.42 Å². The number of hydrogen-bond acceptors (Lipinski definition) is 3. The maximum Gasteiger partial charge on any atom is 0.330 e. The van der Waals surface area contributed by atoms with Crippen molar-refractivity contribution in [2.75, 3.05) is 13.7 Å². The Hall–Kier alpha value is -0.830. The molecule has 3 nitrogen and oxygen atoms in total. The first-order chi connectivity index (χ1) is 6.24. The van der Waals surface area contributed by atoms with Gasteiger partial charge in [-0.05, 0) is 31.9 Å². The second-order valence-corrected chi connectivity index (χ2v) is 3.41. The minimum atomic E-state index is -0.259. The van der Waals surface area contributed by atoms with Crippen LogP contribution in [0.4, 0.5) is 0 Å². The van der Waals surface area contributed by atoms with Crippen LogP contribution in [-0.2, 0) is 9.53 Å². The minimum absolute atomic E-state index is 0.259. The molecule has 0 aliphatic carbocycles. The summed E-state index contributed by atoms with van der Waals surface area (Å²) in [6, 6.07) is 0.368. The topological polar surface area (TPSA) is 38.3 Å². The third kappa shape index (κ3) is 3.19. The summed E-state index contributed by atoms with van der Waals surface area (Å²) in [6.07, 6.45) is 5.17. The summed E-state index contributed by atoms with van der Waals surface area (Å²) in [6.45, 7) is 3.02. The fraction of sp³-hybridized carbons (Fsp3) is 0.700. The number of ether oxygens (including phenoxy) is 1. The second-order valence-electron chi connectivity index (χ2n) is 3.41. The average molecular weight is 183 g/mol. The number of carbonyl (C=O) groups is 1. The Bertz CT molecular complexity index is 205. The molecule has 0 aromatic carbocycles. The number of esters is 1. The molecule has 3 heteroatoms. The van der Waals surface area contributed by atoms with Crippen molar-refractivity contribution in [2.24, 2.45) is 0 Å². The predicted octanol–water partition coefficient (Wildman–Crippen LogP) is 1.25. The molecule has 1 N–H and O–H groups in total. The van der Waals surface area contributed by atoms with E-state index < -0.39 is 0 Å². The van der Waals surface area contributed by atoms with Gasteiger partial charge in [0.25, 0.3) is 0 Å². The molecule has 0 aromatic heterocycles. The Morgan fingerprint density at radius 1 is 1.54 bits per heavy atom. The summed E-state index contributed by atoms with van der Waals surface area (Å²) in [5.41, 5.74) is 1.08. The number of piperidine rings is 1. The van der Waals surface area contributed by atoms with E-state index in [9.17, 15) is 4.79 Å². The van der Waals surface area contributed by atoms with Gasteiger partial charge in [-0.3, -0.25) is 0 Å². The zero-order chi connectivity index (χ0) is 9.68. The molecule has 0 saturated carbocycles. The number of carbonyl (C=O) groups excluding carboxylic acids is 1. The SMILES string of the molecule is COC(=O)/C=C(/C)C1CCCCN1.